The van der Waals surface area contributed by atoms with Crippen molar-refractivity contribution in [2.24, 2.45) is 0 Å². The van der Waals surface area contributed by atoms with Crippen LogP contribution in [0.5, 0.6) is 0 Å². The molecule has 0 fully saturated rings. The Morgan fingerprint density at radius 3 is 2.55 bits per heavy atom. The number of hydrogen-bond acceptors (Lipinski definition) is 2. The Kier molecular flexibility index (Phi) is 4.18. The Balaban J connectivity index is 4.39. The fraction of sp³-hybridized carbons (Fsp3) is 0. The van der Waals surface area contributed by atoms with E-state index in [0.29, 0.717) is 0 Å². The molecule has 0 spiro atoms. The molecule has 1 N–H and O–H groups in total. The maximum atomic E-state index is 10.2. The van der Waals surface area contributed by atoms with Crippen LogP contribution < -0.4 is 0 Å². The highest BCUT2D eigenvalue weighted by molar-refractivity contribution is 5.91. The molecule has 0 bridgehead atoms. The summed E-state index contributed by atoms with van der Waals surface area (Å²) < 4.78 is 0. The first-order valence-electron chi connectivity index (χ1n) is 2.85. The molecule has 0 aliphatic heterocycles. The van der Waals surface area contributed by atoms with Crippen LogP contribution in [0.4, 0.5) is 0 Å². The number of carbonyl (C=O) groups is 1. The van der Waals surface area contributed by atoms with Crippen LogP contribution in [0.3, 0.4) is 0 Å². The monoisotopic (exact) mass is 149 g/mol. The Hall–Kier alpha value is -1.82. The van der Waals surface area contributed by atoms with E-state index < -0.39 is 5.97 Å². The van der Waals surface area contributed by atoms with Crippen molar-refractivity contribution in [3.63, 3.8) is 0 Å². The van der Waals surface area contributed by atoms with Gasteiger partial charge in [0.2, 0.25) is 0 Å². The third kappa shape index (κ3) is 3.71. The molecule has 0 unspecified atom stereocenters. The second-order valence-corrected chi connectivity index (χ2v) is 1.62. The van der Waals surface area contributed by atoms with Crippen molar-refractivity contribution >= 4 is 5.97 Å². The number of nitriles is 1. The lowest BCUT2D eigenvalue weighted by molar-refractivity contribution is -0.132. The quantitative estimate of drug-likeness (QED) is 0.373. The van der Waals surface area contributed by atoms with Gasteiger partial charge in [-0.05, 0) is 6.08 Å². The number of hydrogen-bond donors (Lipinski definition) is 1. The van der Waals surface area contributed by atoms with Gasteiger partial charge in [0.15, 0.2) is 0 Å². The summed E-state index contributed by atoms with van der Waals surface area (Å²) >= 11 is 0. The van der Waals surface area contributed by atoms with Gasteiger partial charge >= 0.3 is 5.97 Å². The number of rotatable bonds is 3. The highest BCUT2D eigenvalue weighted by Gasteiger charge is 2.01. The molecule has 56 valence electrons. The van der Waals surface area contributed by atoms with Crippen molar-refractivity contribution in [3.8, 4) is 6.07 Å². The van der Waals surface area contributed by atoms with Gasteiger partial charge in [-0.15, -0.1) is 0 Å². The van der Waals surface area contributed by atoms with Crippen LogP contribution in [0.1, 0.15) is 0 Å². The van der Waals surface area contributed by atoms with E-state index in [-0.39, 0.29) is 5.57 Å². The van der Waals surface area contributed by atoms with Crippen LogP contribution in [-0.4, -0.2) is 11.1 Å². The molecule has 0 radical (unpaired) electrons. The minimum absolute atomic E-state index is 0.289. The summed E-state index contributed by atoms with van der Waals surface area (Å²) in [6.45, 7) is 3.38. The van der Waals surface area contributed by atoms with E-state index in [1.807, 2.05) is 0 Å². The molecule has 3 heteroatoms. The molecular weight excluding hydrogens is 142 g/mol. The van der Waals surface area contributed by atoms with Gasteiger partial charge in [-0.2, -0.15) is 5.26 Å². The molecule has 0 amide bonds. The number of allylic oxidation sites excluding steroid dienone is 4. The predicted molar refractivity (Wildman–Crippen MR) is 40.7 cm³/mol. The van der Waals surface area contributed by atoms with E-state index in [1.54, 1.807) is 6.08 Å². The van der Waals surface area contributed by atoms with Crippen LogP contribution in [0.25, 0.3) is 0 Å². The van der Waals surface area contributed by atoms with Crippen molar-refractivity contribution in [1.82, 2.24) is 0 Å². The van der Waals surface area contributed by atoms with Gasteiger partial charge in [-0.25, -0.2) is 4.79 Å². The maximum Gasteiger partial charge on any atom is 0.346 e. The first-order chi connectivity index (χ1) is 5.22. The zero-order valence-corrected chi connectivity index (χ0v) is 5.82. The summed E-state index contributed by atoms with van der Waals surface area (Å²) in [4.78, 5) is 10.2. The number of carboxylic acid groups (broad SMARTS) is 1. The second-order valence-electron chi connectivity index (χ2n) is 1.62. The summed E-state index contributed by atoms with van der Waals surface area (Å²) in [5, 5.41) is 16.6. The Labute approximate surface area is 64.6 Å². The standard InChI is InChI=1S/C8H7NO2/c1-2-3-4-5-7(6-9)8(10)11/h2-5H,1H2,(H,10,11)/b4-3+,7-5+. The molecule has 0 heterocycles. The summed E-state index contributed by atoms with van der Waals surface area (Å²) in [5.74, 6) is -1.22. The molecule has 11 heavy (non-hydrogen) atoms. The largest absolute Gasteiger partial charge is 0.477 e. The lowest BCUT2D eigenvalue weighted by Gasteiger charge is -1.83. The summed E-state index contributed by atoms with van der Waals surface area (Å²) in [7, 11) is 0. The minimum atomic E-state index is -1.22. The van der Waals surface area contributed by atoms with Crippen LogP contribution in [0, 0.1) is 11.3 Å². The van der Waals surface area contributed by atoms with E-state index in [0.717, 1.165) is 0 Å². The normalized spacial score (nSPS) is 11.0. The van der Waals surface area contributed by atoms with Crippen molar-refractivity contribution in [1.29, 1.82) is 5.26 Å². The van der Waals surface area contributed by atoms with Gasteiger partial charge in [0.05, 0.1) is 0 Å². The summed E-state index contributed by atoms with van der Waals surface area (Å²) in [5.41, 5.74) is -0.289. The van der Waals surface area contributed by atoms with Gasteiger partial charge in [0, 0.05) is 0 Å². The average molecular weight is 149 g/mol. The fourth-order valence-corrected chi connectivity index (χ4v) is 0.387. The van der Waals surface area contributed by atoms with Crippen molar-refractivity contribution in [3.05, 3.63) is 36.5 Å². The van der Waals surface area contributed by atoms with Gasteiger partial charge in [0.25, 0.3) is 0 Å². The maximum absolute atomic E-state index is 10.2. The molecule has 0 atom stereocenters. The third-order valence-corrected chi connectivity index (χ3v) is 0.861. The van der Waals surface area contributed by atoms with Crippen molar-refractivity contribution in [2.45, 2.75) is 0 Å². The van der Waals surface area contributed by atoms with E-state index in [2.05, 4.69) is 6.58 Å². The van der Waals surface area contributed by atoms with E-state index in [1.165, 1.54) is 24.3 Å². The van der Waals surface area contributed by atoms with Gasteiger partial charge < -0.3 is 5.11 Å². The first kappa shape index (κ1) is 9.18. The highest BCUT2D eigenvalue weighted by atomic mass is 16.4. The minimum Gasteiger partial charge on any atom is -0.477 e. The molecule has 0 aromatic carbocycles. The fourth-order valence-electron chi connectivity index (χ4n) is 0.387. The van der Waals surface area contributed by atoms with Crippen molar-refractivity contribution < 1.29 is 9.90 Å². The molecule has 0 aliphatic rings. The van der Waals surface area contributed by atoms with Gasteiger partial charge in [-0.1, -0.05) is 24.8 Å². The zero-order chi connectivity index (χ0) is 8.69. The first-order valence-corrected chi connectivity index (χ1v) is 2.85. The Morgan fingerprint density at radius 1 is 1.55 bits per heavy atom. The second kappa shape index (κ2) is 5.00. The summed E-state index contributed by atoms with van der Waals surface area (Å²) in [6.07, 6.45) is 5.69. The molecule has 0 saturated heterocycles. The smallest absolute Gasteiger partial charge is 0.346 e. The topological polar surface area (TPSA) is 61.1 Å². The lowest BCUT2D eigenvalue weighted by atomic mass is 10.2. The highest BCUT2D eigenvalue weighted by Crippen LogP contribution is 1.92. The molecule has 3 nitrogen and oxygen atoms in total. The SMILES string of the molecule is C=C/C=C/C=C(\C#N)C(=O)O. The van der Waals surface area contributed by atoms with Crippen molar-refractivity contribution in [2.75, 3.05) is 0 Å². The van der Waals surface area contributed by atoms with Crippen LogP contribution in [0.15, 0.2) is 36.5 Å². The lowest BCUT2D eigenvalue weighted by Crippen LogP contribution is -1.96. The average Bonchev–Trinajstić information content (AvgIpc) is 1.97. The zero-order valence-electron chi connectivity index (χ0n) is 5.82. The van der Waals surface area contributed by atoms with Crippen LogP contribution in [-0.2, 0) is 4.79 Å². The van der Waals surface area contributed by atoms with Crippen LogP contribution >= 0.6 is 0 Å². The number of aliphatic carboxylic acids is 1. The molecule has 0 aromatic rings. The summed E-state index contributed by atoms with van der Waals surface area (Å²) in [6, 6.07) is 1.54. The molecular formula is C8H7NO2. The number of nitrogens with zero attached hydrogens (tertiary/aromatic N) is 1. The van der Waals surface area contributed by atoms with E-state index in [9.17, 15) is 4.79 Å². The van der Waals surface area contributed by atoms with Gasteiger partial charge in [0.1, 0.15) is 11.6 Å². The molecule has 0 saturated carbocycles. The Morgan fingerprint density at radius 2 is 2.18 bits per heavy atom. The molecule has 0 rings (SSSR count). The van der Waals surface area contributed by atoms with Gasteiger partial charge in [-0.3, -0.25) is 0 Å². The third-order valence-electron chi connectivity index (χ3n) is 0.861. The predicted octanol–water partition coefficient (Wildman–Crippen LogP) is 1.26. The van der Waals surface area contributed by atoms with E-state index in [4.69, 9.17) is 10.4 Å². The number of carboxylic acids is 1. The molecule has 0 aliphatic carbocycles. The van der Waals surface area contributed by atoms with Crippen LogP contribution in [0.2, 0.25) is 0 Å². The molecule has 0 aromatic heterocycles. The van der Waals surface area contributed by atoms with E-state index >= 15 is 0 Å². The Bertz CT molecular complexity index is 256.